The number of benzene rings is 2. The first-order valence-corrected chi connectivity index (χ1v) is 15.6. The molecule has 0 radical (unpaired) electrons. The Balaban J connectivity index is 0.898. The number of ether oxygens (including phenoxy) is 2. The Hall–Kier alpha value is -4.15. The van der Waals surface area contributed by atoms with Crippen LogP contribution in [0.25, 0.3) is 0 Å². The lowest BCUT2D eigenvalue weighted by molar-refractivity contribution is 0.0135. The van der Waals surface area contributed by atoms with Gasteiger partial charge in [0.15, 0.2) is 11.7 Å². The number of anilines is 2. The molecule has 2 saturated heterocycles. The summed E-state index contributed by atoms with van der Waals surface area (Å²) in [4.78, 5) is 33.9. The topological polar surface area (TPSA) is 91.7 Å². The fourth-order valence-electron chi connectivity index (χ4n) is 8.17. The number of hydrogen-bond donors (Lipinski definition) is 0. The first kappa shape index (κ1) is 27.4. The lowest BCUT2D eigenvalue weighted by atomic mass is 10.1. The molecule has 44 heavy (non-hydrogen) atoms. The van der Waals surface area contributed by atoms with Crippen LogP contribution in [0.3, 0.4) is 0 Å². The zero-order valence-electron chi connectivity index (χ0n) is 26.1. The quantitative estimate of drug-likeness (QED) is 0.477. The molecule has 2 aromatic rings. The molecule has 0 aromatic heterocycles. The van der Waals surface area contributed by atoms with Gasteiger partial charge in [-0.1, -0.05) is 22.4 Å². The normalized spacial score (nSPS) is 32.0. The molecule has 6 atom stereocenters. The molecule has 6 aliphatic rings. The minimum Gasteiger partial charge on any atom is -0.497 e. The lowest BCUT2D eigenvalue weighted by Crippen LogP contribution is -2.48. The van der Waals surface area contributed by atoms with Gasteiger partial charge in [-0.3, -0.25) is 9.80 Å². The van der Waals surface area contributed by atoms with Crippen molar-refractivity contribution in [2.24, 2.45) is 45.8 Å². The molecule has 2 aromatic carbocycles. The minimum atomic E-state index is -0.590. The summed E-state index contributed by atoms with van der Waals surface area (Å²) >= 11 is 0. The van der Waals surface area contributed by atoms with Crippen molar-refractivity contribution in [3.8, 4) is 11.5 Å². The number of amides is 2. The molecule has 2 unspecified atom stereocenters. The maximum atomic E-state index is 13.6. The van der Waals surface area contributed by atoms with E-state index in [9.17, 15) is 4.79 Å². The molecule has 0 spiro atoms. The summed E-state index contributed by atoms with van der Waals surface area (Å²) in [5.74, 6) is 5.68. The maximum Gasteiger partial charge on any atom is 0.320 e. The van der Waals surface area contributed by atoms with Crippen LogP contribution in [0.2, 0.25) is 0 Å². The molecule has 11 nitrogen and oxygen atoms in total. The van der Waals surface area contributed by atoms with Crippen LogP contribution in [0.5, 0.6) is 11.5 Å². The second-order valence-corrected chi connectivity index (χ2v) is 13.8. The summed E-state index contributed by atoms with van der Waals surface area (Å²) in [6.45, 7) is 11.2. The van der Waals surface area contributed by atoms with Crippen LogP contribution in [-0.2, 0) is 9.68 Å². The molecule has 11 heteroatoms. The van der Waals surface area contributed by atoms with Crippen LogP contribution < -0.4 is 19.3 Å². The van der Waals surface area contributed by atoms with Gasteiger partial charge < -0.3 is 28.9 Å². The molecule has 232 valence electrons. The smallest absolute Gasteiger partial charge is 0.320 e. The summed E-state index contributed by atoms with van der Waals surface area (Å²) < 4.78 is 10.9. The minimum absolute atomic E-state index is 0.158. The summed E-state index contributed by atoms with van der Waals surface area (Å²) in [5, 5.41) is 9.12. The number of urea groups is 1. The van der Waals surface area contributed by atoms with Crippen LogP contribution in [0, 0.1) is 35.5 Å². The summed E-state index contributed by atoms with van der Waals surface area (Å²) in [5.41, 5.74) is 0.820. The van der Waals surface area contributed by atoms with Crippen molar-refractivity contribution in [2.75, 3.05) is 50.2 Å². The number of methoxy groups -OCH3 is 2. The van der Waals surface area contributed by atoms with Gasteiger partial charge in [0.05, 0.1) is 14.2 Å². The molecule has 2 saturated carbocycles. The number of oxime groups is 2. The van der Waals surface area contributed by atoms with Gasteiger partial charge in [0, 0.05) is 61.5 Å². The van der Waals surface area contributed by atoms with Crippen molar-refractivity contribution in [3.63, 3.8) is 0 Å². The third-order valence-corrected chi connectivity index (χ3v) is 10.4. The summed E-state index contributed by atoms with van der Waals surface area (Å²) in [7, 11) is 3.35. The second-order valence-electron chi connectivity index (χ2n) is 13.8. The maximum absolute atomic E-state index is 13.6. The Morgan fingerprint density at radius 3 is 1.45 bits per heavy atom. The van der Waals surface area contributed by atoms with E-state index >= 15 is 0 Å². The van der Waals surface area contributed by atoms with Crippen LogP contribution in [-0.4, -0.2) is 79.4 Å². The van der Waals surface area contributed by atoms with Crippen LogP contribution in [0.4, 0.5) is 16.2 Å². The van der Waals surface area contributed by atoms with Gasteiger partial charge in [-0.2, -0.15) is 0 Å². The van der Waals surface area contributed by atoms with Crippen molar-refractivity contribution in [3.05, 3.63) is 48.5 Å². The molecule has 4 fully saturated rings. The van der Waals surface area contributed by atoms with E-state index in [0.717, 1.165) is 60.7 Å². The lowest BCUT2D eigenvalue weighted by Gasteiger charge is -2.33. The Kier molecular flexibility index (Phi) is 5.87. The first-order valence-electron chi connectivity index (χ1n) is 15.6. The van der Waals surface area contributed by atoms with E-state index in [2.05, 4.69) is 32.2 Å². The van der Waals surface area contributed by atoms with Gasteiger partial charge in [0.2, 0.25) is 11.4 Å². The Bertz CT molecular complexity index is 1440. The molecule has 4 aliphatic heterocycles. The van der Waals surface area contributed by atoms with E-state index in [0.29, 0.717) is 23.7 Å². The standard InChI is InChI=1S/C33H40N6O5/c1-32(2)38(19-9-7-11-21(13-19)41-5)29(34-43-32)27-23-15-36(16-24(23)27)31(40)37-17-25-26(18-37)28(25)30-35-44-33(3,4)39(30)20-10-8-12-22(14-20)42-6/h7-14,23-28H,15-18H2,1-6H3/t23-,24+,25-,26+,27?,28?. The Morgan fingerprint density at radius 1 is 0.705 bits per heavy atom. The monoisotopic (exact) mass is 600 g/mol. The summed E-state index contributed by atoms with van der Waals surface area (Å²) in [6, 6.07) is 16.2. The Morgan fingerprint density at radius 2 is 1.09 bits per heavy atom. The molecular weight excluding hydrogens is 560 g/mol. The number of fused-ring (bicyclic) bond motifs is 2. The molecule has 2 amide bonds. The molecule has 8 rings (SSSR count). The number of carbonyl (C=O) groups excluding carboxylic acids is 1. The molecular formula is C33H40N6O5. The van der Waals surface area contributed by atoms with Crippen molar-refractivity contribution in [1.82, 2.24) is 9.80 Å². The van der Waals surface area contributed by atoms with Gasteiger partial charge in [0.25, 0.3) is 0 Å². The molecule has 0 N–H and O–H groups in total. The highest BCUT2D eigenvalue weighted by Crippen LogP contribution is 2.57. The first-order chi connectivity index (χ1) is 21.1. The number of amidine groups is 2. The van der Waals surface area contributed by atoms with E-state index < -0.39 is 11.4 Å². The van der Waals surface area contributed by atoms with Crippen LogP contribution in [0.15, 0.2) is 58.8 Å². The molecule has 4 heterocycles. The number of likely N-dealkylation sites (tertiary alicyclic amines) is 2. The van der Waals surface area contributed by atoms with E-state index in [1.165, 1.54) is 0 Å². The third kappa shape index (κ3) is 4.11. The molecule has 0 bridgehead atoms. The van der Waals surface area contributed by atoms with Crippen LogP contribution in [0.1, 0.15) is 27.7 Å². The third-order valence-electron chi connectivity index (χ3n) is 10.4. The highest BCUT2D eigenvalue weighted by molar-refractivity contribution is 6.04. The number of hydrogen-bond acceptors (Lipinski definition) is 9. The highest BCUT2D eigenvalue weighted by Gasteiger charge is 2.65. The van der Waals surface area contributed by atoms with Crippen molar-refractivity contribution < 1.29 is 23.9 Å². The van der Waals surface area contributed by atoms with Crippen molar-refractivity contribution in [2.45, 2.75) is 39.1 Å². The average molecular weight is 601 g/mol. The summed E-state index contributed by atoms with van der Waals surface area (Å²) in [6.07, 6.45) is 0. The van der Waals surface area contributed by atoms with Gasteiger partial charge in [-0.05, 0) is 75.6 Å². The SMILES string of the molecule is COc1cccc(N2C(C3[C@H]4CN(C(=O)N5C[C@@H]6C(C7=NOC(C)(C)N7c7cccc(OC)c7)[C@@H]6C5)C[C@@H]34)=NOC2(C)C)c1. The largest absolute Gasteiger partial charge is 0.497 e. The van der Waals surface area contributed by atoms with E-state index in [1.807, 2.05) is 73.9 Å². The average Bonchev–Trinajstić information content (AvgIpc) is 3.49. The second kappa shape index (κ2) is 9.42. The highest BCUT2D eigenvalue weighted by atomic mass is 16.7. The molecule has 2 aliphatic carbocycles. The van der Waals surface area contributed by atoms with Crippen LogP contribution >= 0.6 is 0 Å². The van der Waals surface area contributed by atoms with Gasteiger partial charge in [0.1, 0.15) is 11.5 Å². The van der Waals surface area contributed by atoms with Crippen molar-refractivity contribution in [1.29, 1.82) is 0 Å². The zero-order valence-corrected chi connectivity index (χ0v) is 26.1. The zero-order chi connectivity index (χ0) is 30.5. The van der Waals surface area contributed by atoms with Gasteiger partial charge in [-0.25, -0.2) is 4.79 Å². The number of carbonyl (C=O) groups is 1. The fraction of sp³-hybridized carbons (Fsp3) is 0.545. The number of rotatable bonds is 6. The van der Waals surface area contributed by atoms with Gasteiger partial charge >= 0.3 is 6.03 Å². The van der Waals surface area contributed by atoms with E-state index in [4.69, 9.17) is 19.1 Å². The van der Waals surface area contributed by atoms with Gasteiger partial charge in [-0.15, -0.1) is 0 Å². The van der Waals surface area contributed by atoms with Crippen molar-refractivity contribution >= 4 is 29.1 Å². The predicted octanol–water partition coefficient (Wildman–Crippen LogP) is 4.65. The number of piperidine rings is 2. The van der Waals surface area contributed by atoms with E-state index in [-0.39, 0.29) is 17.9 Å². The van der Waals surface area contributed by atoms with E-state index in [1.54, 1.807) is 14.2 Å². The predicted molar refractivity (Wildman–Crippen MR) is 166 cm³/mol. The Labute approximate surface area is 257 Å². The fourth-order valence-corrected chi connectivity index (χ4v) is 8.17. The number of nitrogens with zero attached hydrogens (tertiary/aromatic N) is 6.